The maximum atomic E-state index is 12.6. The van der Waals surface area contributed by atoms with Crippen LogP contribution in [0.3, 0.4) is 0 Å². The van der Waals surface area contributed by atoms with Crippen LogP contribution in [0, 0.1) is 5.92 Å². The van der Waals surface area contributed by atoms with Gasteiger partial charge in [0.2, 0.25) is 0 Å². The summed E-state index contributed by atoms with van der Waals surface area (Å²) in [4.78, 5) is 0. The topological polar surface area (TPSA) is 46.2 Å². The van der Waals surface area contributed by atoms with Gasteiger partial charge in [0.15, 0.2) is 0 Å². The Bertz CT molecular complexity index is 421. The van der Waals surface area contributed by atoms with Gasteiger partial charge in [-0.25, -0.2) is 0 Å². The van der Waals surface area contributed by atoms with Crippen LogP contribution < -0.4 is 5.73 Å². The standard InChI is InChI=1S/C13H16F3NO.ClH/c14-13(15,16)10-6-2-5-9(7-10)11(17)12(18)8-3-1-4-8;/h2,5-8,11-12,18H,1,3-4,17H2;1H/t11-,12+;/m0./s1. The summed E-state index contributed by atoms with van der Waals surface area (Å²) >= 11 is 0. The van der Waals surface area contributed by atoms with Crippen LogP contribution in [-0.4, -0.2) is 11.2 Å². The highest BCUT2D eigenvalue weighted by Crippen LogP contribution is 2.36. The first kappa shape index (κ1) is 16.3. The van der Waals surface area contributed by atoms with E-state index in [2.05, 4.69) is 0 Å². The molecule has 1 aliphatic rings. The molecule has 0 aromatic heterocycles. The van der Waals surface area contributed by atoms with Crippen molar-refractivity contribution < 1.29 is 18.3 Å². The summed E-state index contributed by atoms with van der Waals surface area (Å²) in [5.41, 5.74) is 5.46. The minimum atomic E-state index is -4.38. The molecule has 2 atom stereocenters. The molecule has 1 aromatic rings. The number of rotatable bonds is 3. The fraction of sp³-hybridized carbons (Fsp3) is 0.538. The number of nitrogens with two attached hydrogens (primary N) is 1. The molecule has 1 aromatic carbocycles. The third kappa shape index (κ3) is 3.61. The lowest BCUT2D eigenvalue weighted by molar-refractivity contribution is -0.137. The van der Waals surface area contributed by atoms with Crippen molar-refractivity contribution in [2.75, 3.05) is 0 Å². The summed E-state index contributed by atoms with van der Waals surface area (Å²) in [5.74, 6) is 0.120. The molecule has 6 heteroatoms. The molecule has 0 aliphatic heterocycles. The maximum absolute atomic E-state index is 12.6. The Kier molecular flexibility index (Phi) is 5.24. The van der Waals surface area contributed by atoms with Crippen molar-refractivity contribution in [2.45, 2.75) is 37.6 Å². The summed E-state index contributed by atoms with van der Waals surface area (Å²) in [6.45, 7) is 0. The fourth-order valence-electron chi connectivity index (χ4n) is 2.19. The molecule has 0 amide bonds. The number of hydrogen-bond acceptors (Lipinski definition) is 2. The van der Waals surface area contributed by atoms with Gasteiger partial charge in [0.25, 0.3) is 0 Å². The van der Waals surface area contributed by atoms with Crippen LogP contribution in [0.1, 0.15) is 36.4 Å². The Hall–Kier alpha value is -0.780. The zero-order chi connectivity index (χ0) is 13.3. The molecule has 3 N–H and O–H groups in total. The molecular weight excluding hydrogens is 279 g/mol. The SMILES string of the molecule is Cl.N[C@@H](c1cccc(C(F)(F)F)c1)[C@H](O)C1CCC1. The van der Waals surface area contributed by atoms with Gasteiger partial charge in [0, 0.05) is 0 Å². The van der Waals surface area contributed by atoms with Gasteiger partial charge in [0.05, 0.1) is 17.7 Å². The van der Waals surface area contributed by atoms with Crippen molar-refractivity contribution in [1.29, 1.82) is 0 Å². The van der Waals surface area contributed by atoms with Gasteiger partial charge >= 0.3 is 6.18 Å². The number of alkyl halides is 3. The minimum Gasteiger partial charge on any atom is -0.391 e. The van der Waals surface area contributed by atoms with Crippen molar-refractivity contribution >= 4 is 12.4 Å². The Balaban J connectivity index is 0.00000180. The first-order valence-electron chi connectivity index (χ1n) is 6.00. The lowest BCUT2D eigenvalue weighted by Crippen LogP contribution is -2.36. The highest BCUT2D eigenvalue weighted by molar-refractivity contribution is 5.85. The molecule has 0 unspecified atom stereocenters. The molecule has 108 valence electrons. The van der Waals surface area contributed by atoms with E-state index in [0.717, 1.165) is 31.4 Å². The maximum Gasteiger partial charge on any atom is 0.416 e. The minimum absolute atomic E-state index is 0. The summed E-state index contributed by atoms with van der Waals surface area (Å²) in [7, 11) is 0. The van der Waals surface area contributed by atoms with Crippen molar-refractivity contribution in [3.63, 3.8) is 0 Å². The highest BCUT2D eigenvalue weighted by atomic mass is 35.5. The van der Waals surface area contributed by atoms with E-state index in [1.165, 1.54) is 12.1 Å². The van der Waals surface area contributed by atoms with Gasteiger partial charge < -0.3 is 10.8 Å². The molecule has 1 aliphatic carbocycles. The zero-order valence-corrected chi connectivity index (χ0v) is 11.0. The molecule has 1 fully saturated rings. The first-order valence-corrected chi connectivity index (χ1v) is 6.00. The molecule has 0 bridgehead atoms. The van der Waals surface area contributed by atoms with E-state index in [1.54, 1.807) is 0 Å². The summed E-state index contributed by atoms with van der Waals surface area (Å²) < 4.78 is 37.7. The molecule has 0 heterocycles. The third-order valence-corrected chi connectivity index (χ3v) is 3.60. The van der Waals surface area contributed by atoms with E-state index >= 15 is 0 Å². The predicted octanol–water partition coefficient (Wildman–Crippen LogP) is 3.29. The van der Waals surface area contributed by atoms with Crippen LogP contribution in [0.4, 0.5) is 13.2 Å². The summed E-state index contributed by atoms with van der Waals surface area (Å²) in [6.07, 6.45) is -2.29. The van der Waals surface area contributed by atoms with Gasteiger partial charge in [-0.15, -0.1) is 12.4 Å². The second-order valence-electron chi connectivity index (χ2n) is 4.83. The average molecular weight is 296 g/mol. The van der Waals surface area contributed by atoms with Gasteiger partial charge in [-0.3, -0.25) is 0 Å². The van der Waals surface area contributed by atoms with Crippen LogP contribution in [0.15, 0.2) is 24.3 Å². The second-order valence-corrected chi connectivity index (χ2v) is 4.83. The molecule has 2 rings (SSSR count). The monoisotopic (exact) mass is 295 g/mol. The van der Waals surface area contributed by atoms with Crippen LogP contribution in [-0.2, 0) is 6.18 Å². The molecule has 19 heavy (non-hydrogen) atoms. The van der Waals surface area contributed by atoms with Crippen molar-refractivity contribution in [3.05, 3.63) is 35.4 Å². The Morgan fingerprint density at radius 1 is 1.26 bits per heavy atom. The fourth-order valence-corrected chi connectivity index (χ4v) is 2.19. The van der Waals surface area contributed by atoms with Crippen LogP contribution in [0.5, 0.6) is 0 Å². The van der Waals surface area contributed by atoms with Crippen LogP contribution >= 0.6 is 12.4 Å². The van der Waals surface area contributed by atoms with Gasteiger partial charge in [0.1, 0.15) is 0 Å². The van der Waals surface area contributed by atoms with Crippen molar-refractivity contribution in [3.8, 4) is 0 Å². The Morgan fingerprint density at radius 2 is 1.89 bits per heavy atom. The van der Waals surface area contributed by atoms with E-state index in [9.17, 15) is 18.3 Å². The lowest BCUT2D eigenvalue weighted by Gasteiger charge is -2.34. The second kappa shape index (κ2) is 6.11. The summed E-state index contributed by atoms with van der Waals surface area (Å²) in [6, 6.07) is 4.13. The molecule has 0 saturated heterocycles. The van der Waals surface area contributed by atoms with Gasteiger partial charge in [-0.1, -0.05) is 18.6 Å². The van der Waals surface area contributed by atoms with E-state index in [0.29, 0.717) is 5.56 Å². The number of aliphatic hydroxyl groups excluding tert-OH is 1. The van der Waals surface area contributed by atoms with E-state index < -0.39 is 23.9 Å². The molecule has 1 saturated carbocycles. The van der Waals surface area contributed by atoms with Crippen LogP contribution in [0.2, 0.25) is 0 Å². The first-order chi connectivity index (χ1) is 8.39. The summed E-state index contributed by atoms with van der Waals surface area (Å²) in [5, 5.41) is 9.98. The number of benzene rings is 1. The Morgan fingerprint density at radius 3 is 2.37 bits per heavy atom. The van der Waals surface area contributed by atoms with E-state index in [1.807, 2.05) is 0 Å². The van der Waals surface area contributed by atoms with Crippen LogP contribution in [0.25, 0.3) is 0 Å². The predicted molar refractivity (Wildman–Crippen MR) is 69.0 cm³/mol. The van der Waals surface area contributed by atoms with Gasteiger partial charge in [-0.05, 0) is 36.5 Å². The third-order valence-electron chi connectivity index (χ3n) is 3.60. The normalized spacial score (nSPS) is 19.2. The molecule has 0 spiro atoms. The largest absolute Gasteiger partial charge is 0.416 e. The number of hydrogen-bond donors (Lipinski definition) is 2. The quantitative estimate of drug-likeness (QED) is 0.899. The Labute approximate surface area is 116 Å². The number of halogens is 4. The molecule has 2 nitrogen and oxygen atoms in total. The average Bonchev–Trinajstić information content (AvgIpc) is 2.24. The smallest absolute Gasteiger partial charge is 0.391 e. The molecule has 0 radical (unpaired) electrons. The van der Waals surface area contributed by atoms with E-state index in [4.69, 9.17) is 5.73 Å². The zero-order valence-electron chi connectivity index (χ0n) is 10.2. The molecular formula is C13H17ClF3NO. The lowest BCUT2D eigenvalue weighted by atomic mass is 9.77. The van der Waals surface area contributed by atoms with Crippen molar-refractivity contribution in [1.82, 2.24) is 0 Å². The van der Waals surface area contributed by atoms with Crippen molar-refractivity contribution in [2.24, 2.45) is 11.7 Å². The highest BCUT2D eigenvalue weighted by Gasteiger charge is 2.33. The van der Waals surface area contributed by atoms with Gasteiger partial charge in [-0.2, -0.15) is 13.2 Å². The number of aliphatic hydroxyl groups is 1. The van der Waals surface area contributed by atoms with E-state index in [-0.39, 0.29) is 18.3 Å².